The van der Waals surface area contributed by atoms with Crippen molar-refractivity contribution in [2.45, 2.75) is 38.8 Å². The Hall–Kier alpha value is -3.83. The van der Waals surface area contributed by atoms with Crippen molar-refractivity contribution in [1.82, 2.24) is 19.9 Å². The van der Waals surface area contributed by atoms with Crippen LogP contribution in [0.3, 0.4) is 0 Å². The van der Waals surface area contributed by atoms with E-state index in [2.05, 4.69) is 70.2 Å². The van der Waals surface area contributed by atoms with Crippen molar-refractivity contribution in [3.63, 3.8) is 0 Å². The van der Waals surface area contributed by atoms with E-state index in [-0.39, 0.29) is 18.2 Å². The average Bonchev–Trinajstić information content (AvgIpc) is 3.75. The molecular weight excluding hydrogens is 510 g/mol. The van der Waals surface area contributed by atoms with Crippen molar-refractivity contribution in [2.24, 2.45) is 0 Å². The van der Waals surface area contributed by atoms with Gasteiger partial charge in [-0.3, -0.25) is 4.90 Å². The van der Waals surface area contributed by atoms with Crippen molar-refractivity contribution in [3.8, 4) is 5.75 Å². The highest BCUT2D eigenvalue weighted by atomic mass is 16.7. The molecule has 0 bridgehead atoms. The molecule has 2 aromatic carbocycles. The summed E-state index contributed by atoms with van der Waals surface area (Å²) in [5.74, 6) is 0.792. The van der Waals surface area contributed by atoms with Crippen LogP contribution in [-0.2, 0) is 16.0 Å². The molecule has 6 rings (SSSR count). The third-order valence-corrected chi connectivity index (χ3v) is 7.70. The summed E-state index contributed by atoms with van der Waals surface area (Å²) in [6.07, 6.45) is 2.83. The van der Waals surface area contributed by atoms with E-state index in [0.717, 1.165) is 50.7 Å². The van der Waals surface area contributed by atoms with Crippen LogP contribution in [0.15, 0.2) is 60.9 Å². The van der Waals surface area contributed by atoms with Gasteiger partial charge in [-0.2, -0.15) is 15.0 Å². The number of rotatable bonds is 9. The van der Waals surface area contributed by atoms with Crippen molar-refractivity contribution < 1.29 is 19.0 Å². The number of amides is 2. The number of aromatic nitrogens is 3. The molecule has 3 aromatic rings. The topological polar surface area (TPSA) is 88.4 Å². The van der Waals surface area contributed by atoms with Gasteiger partial charge in [-0.1, -0.05) is 0 Å². The minimum absolute atomic E-state index is 0.0788. The number of nitrogens with zero attached hydrogens (tertiary/aromatic N) is 7. The van der Waals surface area contributed by atoms with Gasteiger partial charge in [0, 0.05) is 62.4 Å². The van der Waals surface area contributed by atoms with E-state index in [0.29, 0.717) is 19.8 Å². The number of ether oxygens (including phenoxy) is 3. The summed E-state index contributed by atoms with van der Waals surface area (Å²) < 4.78 is 17.5. The standard InChI is InChI=1S/C29H37N7O4/c1-22(2)34-17-18-35(29(34)37)25-5-3-23(4-6-25)32-13-15-33(16-14-32)24-7-9-26(10-8-24)38-21-28-39-20-27(40-28)19-36-30-11-12-31-36/h3-12,22,27-28H,13-21H2,1-2H3. The number of piperazine rings is 1. The summed E-state index contributed by atoms with van der Waals surface area (Å²) in [5.41, 5.74) is 3.35. The van der Waals surface area contributed by atoms with Gasteiger partial charge in [0.2, 0.25) is 0 Å². The molecule has 4 heterocycles. The number of anilines is 3. The zero-order chi connectivity index (χ0) is 27.5. The zero-order valence-electron chi connectivity index (χ0n) is 23.1. The lowest BCUT2D eigenvalue weighted by molar-refractivity contribution is -0.0841. The SMILES string of the molecule is CC(C)N1CCN(c2ccc(N3CCN(c4ccc(OCC5OCC(Cn6nccn6)O5)cc4)CC3)cc2)C1=O. The molecule has 3 fully saturated rings. The second-order valence-corrected chi connectivity index (χ2v) is 10.6. The molecule has 11 heteroatoms. The Morgan fingerprint density at radius 2 is 1.45 bits per heavy atom. The van der Waals surface area contributed by atoms with Gasteiger partial charge in [-0.15, -0.1) is 0 Å². The largest absolute Gasteiger partial charge is 0.488 e. The van der Waals surface area contributed by atoms with Gasteiger partial charge in [0.15, 0.2) is 6.29 Å². The maximum absolute atomic E-state index is 12.7. The lowest BCUT2D eigenvalue weighted by atomic mass is 10.2. The van der Waals surface area contributed by atoms with Crippen LogP contribution >= 0.6 is 0 Å². The Bertz CT molecular complexity index is 1240. The van der Waals surface area contributed by atoms with E-state index in [4.69, 9.17) is 14.2 Å². The number of urea groups is 1. The molecule has 2 unspecified atom stereocenters. The Kier molecular flexibility index (Phi) is 7.74. The molecule has 0 spiro atoms. The maximum Gasteiger partial charge on any atom is 0.324 e. The van der Waals surface area contributed by atoms with Gasteiger partial charge in [0.25, 0.3) is 0 Å². The van der Waals surface area contributed by atoms with E-state index in [9.17, 15) is 4.79 Å². The van der Waals surface area contributed by atoms with Gasteiger partial charge in [0.05, 0.1) is 25.5 Å². The first-order valence-electron chi connectivity index (χ1n) is 14.1. The number of hydrogen-bond donors (Lipinski definition) is 0. The summed E-state index contributed by atoms with van der Waals surface area (Å²) in [4.78, 5) is 22.9. The number of hydrogen-bond acceptors (Lipinski definition) is 8. The Morgan fingerprint density at radius 3 is 2.05 bits per heavy atom. The molecule has 2 atom stereocenters. The molecule has 0 saturated carbocycles. The maximum atomic E-state index is 12.7. The number of benzene rings is 2. The molecule has 40 heavy (non-hydrogen) atoms. The Morgan fingerprint density at radius 1 is 0.850 bits per heavy atom. The second-order valence-electron chi connectivity index (χ2n) is 10.6. The van der Waals surface area contributed by atoms with Gasteiger partial charge < -0.3 is 28.9 Å². The minimum Gasteiger partial charge on any atom is -0.488 e. The van der Waals surface area contributed by atoms with E-state index >= 15 is 0 Å². The molecule has 3 aliphatic rings. The highest BCUT2D eigenvalue weighted by molar-refractivity contribution is 5.94. The van der Waals surface area contributed by atoms with Crippen LogP contribution < -0.4 is 19.4 Å². The first-order chi connectivity index (χ1) is 19.5. The Labute approximate surface area is 234 Å². The van der Waals surface area contributed by atoms with Gasteiger partial charge in [-0.25, -0.2) is 4.79 Å². The van der Waals surface area contributed by atoms with Gasteiger partial charge >= 0.3 is 6.03 Å². The molecule has 3 aliphatic heterocycles. The predicted molar refractivity (Wildman–Crippen MR) is 152 cm³/mol. The lowest BCUT2D eigenvalue weighted by Crippen LogP contribution is -2.46. The van der Waals surface area contributed by atoms with Gasteiger partial charge in [0.1, 0.15) is 18.5 Å². The summed E-state index contributed by atoms with van der Waals surface area (Å²) in [6, 6.07) is 16.9. The van der Waals surface area contributed by atoms with Crippen LogP contribution in [0.1, 0.15) is 13.8 Å². The summed E-state index contributed by atoms with van der Waals surface area (Å²) >= 11 is 0. The lowest BCUT2D eigenvalue weighted by Gasteiger charge is -2.37. The fraction of sp³-hybridized carbons (Fsp3) is 0.483. The van der Waals surface area contributed by atoms with Crippen molar-refractivity contribution in [3.05, 3.63) is 60.9 Å². The Balaban J connectivity index is 0.950. The van der Waals surface area contributed by atoms with E-state index in [1.165, 1.54) is 11.4 Å². The molecule has 2 amide bonds. The molecule has 0 N–H and O–H groups in total. The normalized spacial score (nSPS) is 21.6. The summed E-state index contributed by atoms with van der Waals surface area (Å²) in [7, 11) is 0. The van der Waals surface area contributed by atoms with Crippen LogP contribution in [0.5, 0.6) is 5.75 Å². The number of carbonyl (C=O) groups is 1. The molecular formula is C29H37N7O4. The highest BCUT2D eigenvalue weighted by Crippen LogP contribution is 2.27. The fourth-order valence-corrected chi connectivity index (χ4v) is 5.47. The molecule has 1 aromatic heterocycles. The van der Waals surface area contributed by atoms with Crippen LogP contribution in [0.25, 0.3) is 0 Å². The predicted octanol–water partition coefficient (Wildman–Crippen LogP) is 3.08. The third-order valence-electron chi connectivity index (χ3n) is 7.70. The second kappa shape index (κ2) is 11.7. The van der Waals surface area contributed by atoms with E-state index in [1.807, 2.05) is 21.9 Å². The van der Waals surface area contributed by atoms with Crippen LogP contribution in [-0.4, -0.2) is 96.8 Å². The minimum atomic E-state index is -0.395. The first-order valence-corrected chi connectivity index (χ1v) is 14.1. The molecule has 0 aliphatic carbocycles. The number of carbonyl (C=O) groups excluding carboxylic acids is 1. The van der Waals surface area contributed by atoms with Crippen molar-refractivity contribution >= 4 is 23.1 Å². The molecule has 3 saturated heterocycles. The van der Waals surface area contributed by atoms with Crippen molar-refractivity contribution in [1.29, 1.82) is 0 Å². The highest BCUT2D eigenvalue weighted by Gasteiger charge is 2.31. The van der Waals surface area contributed by atoms with Crippen LogP contribution in [0.2, 0.25) is 0 Å². The molecule has 212 valence electrons. The van der Waals surface area contributed by atoms with Crippen LogP contribution in [0.4, 0.5) is 21.9 Å². The smallest absolute Gasteiger partial charge is 0.324 e. The quantitative estimate of drug-likeness (QED) is 0.404. The summed E-state index contributed by atoms with van der Waals surface area (Å²) in [6.45, 7) is 10.8. The first kappa shape index (κ1) is 26.4. The summed E-state index contributed by atoms with van der Waals surface area (Å²) in [5, 5.41) is 8.22. The average molecular weight is 548 g/mol. The van der Waals surface area contributed by atoms with E-state index in [1.54, 1.807) is 17.2 Å². The zero-order valence-corrected chi connectivity index (χ0v) is 23.1. The monoisotopic (exact) mass is 547 g/mol. The van der Waals surface area contributed by atoms with Crippen LogP contribution in [0, 0.1) is 0 Å². The van der Waals surface area contributed by atoms with Crippen molar-refractivity contribution in [2.75, 3.05) is 67.2 Å². The van der Waals surface area contributed by atoms with Gasteiger partial charge in [-0.05, 0) is 62.4 Å². The molecule has 0 radical (unpaired) electrons. The fourth-order valence-electron chi connectivity index (χ4n) is 5.47. The third kappa shape index (κ3) is 5.85. The molecule has 11 nitrogen and oxygen atoms in total. The van der Waals surface area contributed by atoms with E-state index < -0.39 is 6.29 Å².